The number of carbonyl (C=O) groups is 4. The highest BCUT2D eigenvalue weighted by atomic mass is 32.2. The van der Waals surface area contributed by atoms with Crippen LogP contribution in [0.5, 0.6) is 5.75 Å². The third-order valence-electron chi connectivity index (χ3n) is 7.38. The van der Waals surface area contributed by atoms with E-state index in [1.54, 1.807) is 37.8 Å². The molecule has 3 heterocycles. The van der Waals surface area contributed by atoms with E-state index in [4.69, 9.17) is 4.74 Å². The van der Waals surface area contributed by atoms with Gasteiger partial charge in [0.05, 0.1) is 5.88 Å². The van der Waals surface area contributed by atoms with E-state index < -0.39 is 44.8 Å². The van der Waals surface area contributed by atoms with Crippen LogP contribution in [-0.2, 0) is 30.8 Å². The lowest BCUT2D eigenvalue weighted by Gasteiger charge is -2.33. The summed E-state index contributed by atoms with van der Waals surface area (Å²) in [5.74, 6) is -1.68. The monoisotopic (exact) mass is 633 g/mol. The molecule has 0 unspecified atom stereocenters. The van der Waals surface area contributed by atoms with Gasteiger partial charge in [0.25, 0.3) is 0 Å². The molecule has 1 aromatic heterocycles. The molecule has 2 saturated heterocycles. The standard InChI is InChI=1S/C28H35N5O8S2/c1-4-23(34)31-12-14-32(15-13-31)27(38)41-20-9-7-19(8-10-20)16-22(26(36)37)30-25(35)24-28(2,3)42-18-33(24)43(39,40)21-6-5-11-29-17-21/h5-11,17,22,24H,4,12-16,18H2,1-3H3,(H,30,35)(H,36,37)/t22-,24+/m0/s1. The maximum Gasteiger partial charge on any atom is 0.415 e. The summed E-state index contributed by atoms with van der Waals surface area (Å²) >= 11 is 1.28. The molecule has 2 N–H and O–H groups in total. The number of carboxylic acids is 1. The number of carboxylic acid groups (broad SMARTS) is 1. The zero-order chi connectivity index (χ0) is 31.4. The number of aromatic nitrogens is 1. The number of ether oxygens (including phenoxy) is 1. The van der Waals surface area contributed by atoms with Crippen molar-refractivity contribution in [2.75, 3.05) is 32.1 Å². The maximum atomic E-state index is 13.5. The average molecular weight is 634 g/mol. The number of pyridine rings is 1. The van der Waals surface area contributed by atoms with Gasteiger partial charge < -0.3 is 25.0 Å². The van der Waals surface area contributed by atoms with Gasteiger partial charge in [-0.25, -0.2) is 18.0 Å². The predicted molar refractivity (Wildman–Crippen MR) is 158 cm³/mol. The number of piperazine rings is 1. The van der Waals surface area contributed by atoms with E-state index in [-0.39, 0.29) is 28.8 Å². The summed E-state index contributed by atoms with van der Waals surface area (Å²) in [4.78, 5) is 57.1. The molecular weight excluding hydrogens is 598 g/mol. The number of rotatable bonds is 9. The fourth-order valence-corrected chi connectivity index (χ4v) is 8.06. The largest absolute Gasteiger partial charge is 0.480 e. The number of benzene rings is 1. The zero-order valence-corrected chi connectivity index (χ0v) is 25.8. The zero-order valence-electron chi connectivity index (χ0n) is 24.1. The molecule has 0 radical (unpaired) electrons. The third-order valence-corrected chi connectivity index (χ3v) is 10.7. The summed E-state index contributed by atoms with van der Waals surface area (Å²) in [6.45, 7) is 6.86. The first-order valence-corrected chi connectivity index (χ1v) is 16.2. The normalized spacial score (nSPS) is 19.5. The molecule has 3 amide bonds. The van der Waals surface area contributed by atoms with Crippen molar-refractivity contribution in [2.24, 2.45) is 0 Å². The van der Waals surface area contributed by atoms with Gasteiger partial charge in [-0.3, -0.25) is 14.6 Å². The topological polar surface area (TPSA) is 167 Å². The molecule has 15 heteroatoms. The van der Waals surface area contributed by atoms with Crippen LogP contribution in [0.3, 0.4) is 0 Å². The second kappa shape index (κ2) is 13.3. The Morgan fingerprint density at radius 1 is 1.09 bits per heavy atom. The first kappa shape index (κ1) is 32.2. The SMILES string of the molecule is CCC(=O)N1CCN(C(=O)Oc2ccc(C[C@H](NC(=O)[C@H]3N(S(=O)(=O)c4cccnc4)CSC3(C)C)C(=O)O)cc2)CC1. The van der Waals surface area contributed by atoms with Gasteiger partial charge in [0.1, 0.15) is 22.7 Å². The first-order chi connectivity index (χ1) is 20.3. The molecule has 1 aromatic carbocycles. The Morgan fingerprint density at radius 3 is 2.33 bits per heavy atom. The minimum atomic E-state index is -4.07. The van der Waals surface area contributed by atoms with E-state index in [1.807, 2.05) is 0 Å². The number of nitrogens with zero attached hydrogens (tertiary/aromatic N) is 4. The number of thioether (sulfide) groups is 1. The Balaban J connectivity index is 1.39. The molecule has 13 nitrogen and oxygen atoms in total. The van der Waals surface area contributed by atoms with E-state index in [9.17, 15) is 32.7 Å². The van der Waals surface area contributed by atoms with Crippen molar-refractivity contribution in [2.45, 2.75) is 55.3 Å². The molecule has 4 rings (SSSR count). The lowest BCUT2D eigenvalue weighted by molar-refractivity contribution is -0.142. The second-order valence-corrected chi connectivity index (χ2v) is 14.2. The lowest BCUT2D eigenvalue weighted by atomic mass is 10.0. The Kier molecular flexibility index (Phi) is 9.97. The summed E-state index contributed by atoms with van der Waals surface area (Å²) in [7, 11) is -4.07. The van der Waals surface area contributed by atoms with Gasteiger partial charge in [0.15, 0.2) is 0 Å². The molecule has 2 fully saturated rings. The summed E-state index contributed by atoms with van der Waals surface area (Å²) in [6.07, 6.45) is 2.43. The van der Waals surface area contributed by atoms with Crippen molar-refractivity contribution < 1.29 is 37.4 Å². The van der Waals surface area contributed by atoms with Crippen LogP contribution in [0.4, 0.5) is 4.79 Å². The molecule has 0 aliphatic carbocycles. The summed E-state index contributed by atoms with van der Waals surface area (Å²) in [6, 6.07) is 6.63. The minimum Gasteiger partial charge on any atom is -0.480 e. The quantitative estimate of drug-likeness (QED) is 0.416. The van der Waals surface area contributed by atoms with E-state index in [2.05, 4.69) is 10.3 Å². The van der Waals surface area contributed by atoms with Crippen LogP contribution >= 0.6 is 11.8 Å². The molecule has 2 aliphatic heterocycles. The Morgan fingerprint density at radius 2 is 1.74 bits per heavy atom. The van der Waals surface area contributed by atoms with Gasteiger partial charge in [-0.1, -0.05) is 19.1 Å². The van der Waals surface area contributed by atoms with Crippen LogP contribution in [0, 0.1) is 0 Å². The fourth-order valence-electron chi connectivity index (χ4n) is 4.93. The molecule has 0 bridgehead atoms. The molecule has 0 spiro atoms. The van der Waals surface area contributed by atoms with Crippen LogP contribution in [0.2, 0.25) is 0 Å². The van der Waals surface area contributed by atoms with E-state index >= 15 is 0 Å². The van der Waals surface area contributed by atoms with Gasteiger partial charge in [0.2, 0.25) is 21.8 Å². The smallest absolute Gasteiger partial charge is 0.415 e. The number of carbonyl (C=O) groups excluding carboxylic acids is 3. The van der Waals surface area contributed by atoms with Crippen LogP contribution < -0.4 is 10.1 Å². The minimum absolute atomic E-state index is 0.0206. The van der Waals surface area contributed by atoms with Gasteiger partial charge in [-0.15, -0.1) is 11.8 Å². The number of amides is 3. The number of hydrogen-bond acceptors (Lipinski definition) is 9. The Hall–Kier alpha value is -3.69. The highest BCUT2D eigenvalue weighted by Crippen LogP contribution is 2.42. The fraction of sp³-hybridized carbons (Fsp3) is 0.464. The highest BCUT2D eigenvalue weighted by molar-refractivity contribution is 8.02. The van der Waals surface area contributed by atoms with Gasteiger partial charge in [0, 0.05) is 56.2 Å². The highest BCUT2D eigenvalue weighted by Gasteiger charge is 2.51. The van der Waals surface area contributed by atoms with Crippen LogP contribution in [-0.4, -0.2) is 105 Å². The van der Waals surface area contributed by atoms with Crippen LogP contribution in [0.25, 0.3) is 0 Å². The van der Waals surface area contributed by atoms with Crippen LogP contribution in [0.1, 0.15) is 32.8 Å². The van der Waals surface area contributed by atoms with Gasteiger partial charge >= 0.3 is 12.1 Å². The van der Waals surface area contributed by atoms with E-state index in [0.29, 0.717) is 38.2 Å². The Labute approximate surface area is 254 Å². The van der Waals surface area contributed by atoms with Crippen LogP contribution in [0.15, 0.2) is 53.7 Å². The molecule has 2 atom stereocenters. The predicted octanol–water partition coefficient (Wildman–Crippen LogP) is 1.79. The van der Waals surface area contributed by atoms with Gasteiger partial charge in [-0.2, -0.15) is 4.31 Å². The summed E-state index contributed by atoms with van der Waals surface area (Å²) in [5.41, 5.74) is 0.555. The Bertz CT molecular complexity index is 1450. The molecule has 0 saturated carbocycles. The molecular formula is C28H35N5O8S2. The van der Waals surface area contributed by atoms with Crippen molar-refractivity contribution in [1.29, 1.82) is 0 Å². The molecule has 232 valence electrons. The third kappa shape index (κ3) is 7.46. The molecule has 2 aliphatic rings. The van der Waals surface area contributed by atoms with E-state index in [0.717, 1.165) is 4.31 Å². The van der Waals surface area contributed by atoms with Crippen molar-refractivity contribution in [3.8, 4) is 5.75 Å². The van der Waals surface area contributed by atoms with E-state index in [1.165, 1.54) is 53.3 Å². The molecule has 2 aromatic rings. The summed E-state index contributed by atoms with van der Waals surface area (Å²) in [5, 5.41) is 12.4. The summed E-state index contributed by atoms with van der Waals surface area (Å²) < 4.78 is 32.4. The maximum absolute atomic E-state index is 13.5. The number of aliphatic carboxylic acids is 1. The van der Waals surface area contributed by atoms with Crippen molar-refractivity contribution in [1.82, 2.24) is 24.4 Å². The second-order valence-electron chi connectivity index (χ2n) is 10.7. The molecule has 43 heavy (non-hydrogen) atoms. The average Bonchev–Trinajstić information content (AvgIpc) is 3.33. The van der Waals surface area contributed by atoms with Gasteiger partial charge in [-0.05, 0) is 43.7 Å². The lowest BCUT2D eigenvalue weighted by Crippen LogP contribution is -2.56. The number of sulfonamides is 1. The van der Waals surface area contributed by atoms with Crippen molar-refractivity contribution in [3.63, 3.8) is 0 Å². The van der Waals surface area contributed by atoms with Crippen molar-refractivity contribution in [3.05, 3.63) is 54.4 Å². The first-order valence-electron chi connectivity index (χ1n) is 13.8. The number of hydrogen-bond donors (Lipinski definition) is 2. The van der Waals surface area contributed by atoms with Crippen molar-refractivity contribution >= 4 is 45.7 Å². The number of nitrogens with one attached hydrogen (secondary N) is 1.